The highest BCUT2D eigenvalue weighted by Crippen LogP contribution is 2.46. The average Bonchev–Trinajstić information content (AvgIpc) is 2.06. The molecule has 1 aliphatic rings. The van der Waals surface area contributed by atoms with Crippen molar-refractivity contribution in [2.75, 3.05) is 0 Å². The van der Waals surface area contributed by atoms with E-state index in [0.717, 1.165) is 0 Å². The third kappa shape index (κ3) is 1.73. The maximum Gasteiger partial charge on any atom is 0.289 e. The zero-order chi connectivity index (χ0) is 9.57. The van der Waals surface area contributed by atoms with Crippen molar-refractivity contribution in [1.82, 2.24) is 0 Å². The largest absolute Gasteiger partial charge is 0.306 e. The van der Waals surface area contributed by atoms with E-state index in [9.17, 15) is 8.42 Å². The molecule has 0 aromatic heterocycles. The highest BCUT2D eigenvalue weighted by Gasteiger charge is 2.48. The average molecular weight is 339 g/mol. The lowest BCUT2D eigenvalue weighted by molar-refractivity contribution is 0.455. The maximum atomic E-state index is 10.8. The molecule has 1 heterocycles. The van der Waals surface area contributed by atoms with Crippen LogP contribution in [0.5, 0.6) is 0 Å². The second-order valence-corrected chi connectivity index (χ2v) is 7.92. The summed E-state index contributed by atoms with van der Waals surface area (Å²) < 4.78 is 30.5. The molecule has 0 spiro atoms. The Hall–Kier alpha value is 0.920. The molecule has 0 aromatic carbocycles. The van der Waals surface area contributed by atoms with Crippen LogP contribution in [0, 0.1) is 0 Å². The fourth-order valence-corrected chi connectivity index (χ4v) is 5.75. The van der Waals surface area contributed by atoms with Gasteiger partial charge in [0, 0.05) is 0 Å². The Labute approximate surface area is 91.0 Å². The second-order valence-electron chi connectivity index (χ2n) is 2.21. The van der Waals surface area contributed by atoms with Gasteiger partial charge in [-0.2, -0.15) is 8.42 Å². The van der Waals surface area contributed by atoms with Gasteiger partial charge in [-0.1, -0.05) is 15.9 Å². The number of hydrogen-bond acceptors (Lipinski definition) is 4. The molecule has 0 amide bonds. The third-order valence-electron chi connectivity index (χ3n) is 1.36. The molecule has 0 radical (unpaired) electrons. The zero-order valence-corrected chi connectivity index (χ0v) is 10.4. The lowest BCUT2D eigenvalue weighted by atomic mass is 10.3. The molecule has 2 atom stereocenters. The van der Waals surface area contributed by atoms with Crippen LogP contribution in [0.4, 0.5) is 0 Å². The summed E-state index contributed by atoms with van der Waals surface area (Å²) in [5.41, 5.74) is 5.46. The van der Waals surface area contributed by atoms with Crippen LogP contribution in [0.1, 0.15) is 0 Å². The molecule has 2 unspecified atom stereocenters. The number of thioether (sulfide) groups is 1. The van der Waals surface area contributed by atoms with Crippen LogP contribution in [-0.4, -0.2) is 22.0 Å². The van der Waals surface area contributed by atoms with E-state index in [-0.39, 0.29) is 0 Å². The van der Waals surface area contributed by atoms with E-state index in [0.29, 0.717) is 3.81 Å². The minimum Gasteiger partial charge on any atom is -0.306 e. The van der Waals surface area contributed by atoms with Gasteiger partial charge in [-0.05, 0) is 22.0 Å². The van der Waals surface area contributed by atoms with E-state index in [2.05, 4.69) is 31.9 Å². The van der Waals surface area contributed by atoms with Crippen molar-refractivity contribution in [3.63, 3.8) is 0 Å². The van der Waals surface area contributed by atoms with Crippen molar-refractivity contribution in [3.05, 3.63) is 9.89 Å². The molecular formula is C4H5Br2NO3S2. The number of alkyl halides is 1. The van der Waals surface area contributed by atoms with Crippen molar-refractivity contribution in [2.45, 2.75) is 9.03 Å². The molecule has 1 rings (SSSR count). The Kier molecular flexibility index (Phi) is 2.98. The van der Waals surface area contributed by atoms with Gasteiger partial charge in [0.15, 0.2) is 4.87 Å². The van der Waals surface area contributed by atoms with Crippen LogP contribution >= 0.6 is 43.6 Å². The first-order chi connectivity index (χ1) is 5.27. The summed E-state index contributed by atoms with van der Waals surface area (Å²) in [6, 6.07) is 0. The van der Waals surface area contributed by atoms with Gasteiger partial charge in [0.1, 0.15) is 4.16 Å². The standard InChI is InChI=1S/C4H5Br2NO3S2/c5-2-1-4(7,3(6)11-2)12(8,9)10/h1,3H,7H2,(H,8,9,10). The van der Waals surface area contributed by atoms with E-state index in [1.807, 2.05) is 0 Å². The lowest BCUT2D eigenvalue weighted by Gasteiger charge is -2.21. The molecule has 4 nitrogen and oxygen atoms in total. The van der Waals surface area contributed by atoms with E-state index in [1.165, 1.54) is 17.8 Å². The van der Waals surface area contributed by atoms with Crippen molar-refractivity contribution < 1.29 is 13.0 Å². The fraction of sp³-hybridized carbons (Fsp3) is 0.500. The molecule has 0 aromatic rings. The molecule has 0 saturated heterocycles. The van der Waals surface area contributed by atoms with Gasteiger partial charge in [-0.3, -0.25) is 4.55 Å². The molecule has 0 fully saturated rings. The Morgan fingerprint density at radius 3 is 2.42 bits per heavy atom. The third-order valence-corrected chi connectivity index (χ3v) is 6.10. The predicted octanol–water partition coefficient (Wildman–Crippen LogP) is 1.23. The SMILES string of the molecule is NC1(S(=O)(=O)O)C=C(Br)SC1Br. The summed E-state index contributed by atoms with van der Waals surface area (Å²) in [5, 5.41) is 0. The first kappa shape index (κ1) is 11.0. The van der Waals surface area contributed by atoms with Gasteiger partial charge in [0.25, 0.3) is 10.1 Å². The summed E-state index contributed by atoms with van der Waals surface area (Å²) in [4.78, 5) is -1.74. The first-order valence-corrected chi connectivity index (χ1v) is 6.75. The minimum atomic E-state index is -4.28. The fourth-order valence-electron chi connectivity index (χ4n) is 0.659. The zero-order valence-electron chi connectivity index (χ0n) is 5.57. The van der Waals surface area contributed by atoms with E-state index in [4.69, 9.17) is 10.3 Å². The van der Waals surface area contributed by atoms with Gasteiger partial charge in [0.2, 0.25) is 0 Å². The van der Waals surface area contributed by atoms with Crippen LogP contribution in [-0.2, 0) is 10.1 Å². The maximum absolute atomic E-state index is 10.8. The van der Waals surface area contributed by atoms with Crippen LogP contribution in [0.3, 0.4) is 0 Å². The number of rotatable bonds is 1. The number of halogens is 2. The minimum absolute atomic E-state index is 0.575. The van der Waals surface area contributed by atoms with Gasteiger partial charge in [-0.15, -0.1) is 11.8 Å². The summed E-state index contributed by atoms with van der Waals surface area (Å²) in [6.45, 7) is 0. The molecule has 1 aliphatic heterocycles. The molecule has 0 saturated carbocycles. The molecule has 8 heteroatoms. The first-order valence-electron chi connectivity index (χ1n) is 2.72. The van der Waals surface area contributed by atoms with Crippen LogP contribution in [0.2, 0.25) is 0 Å². The van der Waals surface area contributed by atoms with Gasteiger partial charge in [0.05, 0.1) is 3.81 Å². The summed E-state index contributed by atoms with van der Waals surface area (Å²) in [7, 11) is -4.28. The Morgan fingerprint density at radius 2 is 2.25 bits per heavy atom. The summed E-state index contributed by atoms with van der Waals surface area (Å²) >= 11 is 7.32. The smallest absolute Gasteiger partial charge is 0.289 e. The molecule has 0 bridgehead atoms. The van der Waals surface area contributed by atoms with E-state index >= 15 is 0 Å². The van der Waals surface area contributed by atoms with Gasteiger partial charge < -0.3 is 5.73 Å². The number of hydrogen-bond donors (Lipinski definition) is 2. The van der Waals surface area contributed by atoms with Gasteiger partial charge >= 0.3 is 0 Å². The Morgan fingerprint density at radius 1 is 1.75 bits per heavy atom. The second kappa shape index (κ2) is 3.25. The molecule has 3 N–H and O–H groups in total. The van der Waals surface area contributed by atoms with Crippen LogP contribution < -0.4 is 5.73 Å². The van der Waals surface area contributed by atoms with E-state index < -0.39 is 19.1 Å². The Balaban J connectivity index is 3.17. The number of nitrogens with two attached hydrogens (primary N) is 1. The molecule has 0 aliphatic carbocycles. The van der Waals surface area contributed by atoms with Crippen molar-refractivity contribution in [2.24, 2.45) is 5.73 Å². The van der Waals surface area contributed by atoms with Crippen molar-refractivity contribution >= 4 is 53.7 Å². The van der Waals surface area contributed by atoms with Crippen molar-refractivity contribution in [3.8, 4) is 0 Å². The van der Waals surface area contributed by atoms with Crippen molar-refractivity contribution in [1.29, 1.82) is 0 Å². The molecule has 70 valence electrons. The monoisotopic (exact) mass is 337 g/mol. The quantitative estimate of drug-likeness (QED) is 0.555. The van der Waals surface area contributed by atoms with Crippen LogP contribution in [0.15, 0.2) is 9.89 Å². The molecule has 12 heavy (non-hydrogen) atoms. The summed E-state index contributed by atoms with van der Waals surface area (Å²) in [6.07, 6.45) is 1.26. The lowest BCUT2D eigenvalue weighted by Crippen LogP contribution is -2.49. The van der Waals surface area contributed by atoms with Crippen LogP contribution in [0.25, 0.3) is 0 Å². The molecular weight excluding hydrogens is 334 g/mol. The Bertz CT molecular complexity index is 327. The predicted molar refractivity (Wildman–Crippen MR) is 55.8 cm³/mol. The highest BCUT2D eigenvalue weighted by molar-refractivity contribution is 9.15. The van der Waals surface area contributed by atoms with Gasteiger partial charge in [-0.25, -0.2) is 0 Å². The van der Waals surface area contributed by atoms with E-state index in [1.54, 1.807) is 0 Å². The highest BCUT2D eigenvalue weighted by atomic mass is 79.9. The summed E-state index contributed by atoms with van der Waals surface area (Å²) in [5.74, 6) is 0. The normalized spacial score (nSPS) is 36.7. The topological polar surface area (TPSA) is 80.4 Å².